The monoisotopic (exact) mass is 479 g/mol. The highest BCUT2D eigenvalue weighted by Gasteiger charge is 2.12. The summed E-state index contributed by atoms with van der Waals surface area (Å²) in [5.74, 6) is 0.890. The van der Waals surface area contributed by atoms with Crippen LogP contribution < -0.4 is 10.6 Å². The molecule has 1 aromatic heterocycles. The lowest BCUT2D eigenvalue weighted by Crippen LogP contribution is -2.37. The summed E-state index contributed by atoms with van der Waals surface area (Å²) in [6, 6.07) is 2.16. The second-order valence-corrected chi connectivity index (χ2v) is 7.57. The zero-order valence-corrected chi connectivity index (χ0v) is 18.8. The van der Waals surface area contributed by atoms with E-state index in [1.807, 2.05) is 7.05 Å². The molecule has 0 unspecified atom stereocenters. The van der Waals surface area contributed by atoms with Crippen LogP contribution >= 0.6 is 35.3 Å². The second kappa shape index (κ2) is 13.8. The van der Waals surface area contributed by atoms with E-state index in [0.29, 0.717) is 6.10 Å². The number of nitrogens with one attached hydrogen (secondary N) is 2. The Morgan fingerprint density at radius 2 is 2.00 bits per heavy atom. The molecule has 0 saturated heterocycles. The van der Waals surface area contributed by atoms with Crippen molar-refractivity contribution < 1.29 is 4.74 Å². The first kappa shape index (κ1) is 22.7. The van der Waals surface area contributed by atoms with Crippen molar-refractivity contribution in [2.45, 2.75) is 70.9 Å². The summed E-state index contributed by atoms with van der Waals surface area (Å²) >= 11 is 1.79. The number of rotatable bonds is 9. The van der Waals surface area contributed by atoms with Gasteiger partial charge in [0.25, 0.3) is 0 Å². The Morgan fingerprint density at radius 1 is 1.20 bits per heavy atom. The average molecular weight is 479 g/mol. The van der Waals surface area contributed by atoms with Crippen LogP contribution in [-0.4, -0.2) is 32.3 Å². The van der Waals surface area contributed by atoms with Gasteiger partial charge in [0.1, 0.15) is 0 Å². The molecule has 0 bridgehead atoms. The normalized spacial score (nSPS) is 15.7. The number of aryl methyl sites for hydroxylation is 1. The van der Waals surface area contributed by atoms with Gasteiger partial charge < -0.3 is 15.4 Å². The SMILES string of the molecule is CN=C(NCCCCCOC1CCCCC1)NCc1sccc1C.I. The molecule has 2 N–H and O–H groups in total. The lowest BCUT2D eigenvalue weighted by atomic mass is 9.98. The zero-order valence-electron chi connectivity index (χ0n) is 15.7. The third-order valence-electron chi connectivity index (χ3n) is 4.63. The lowest BCUT2D eigenvalue weighted by molar-refractivity contribution is 0.0264. The van der Waals surface area contributed by atoms with Gasteiger partial charge in [-0.15, -0.1) is 35.3 Å². The van der Waals surface area contributed by atoms with Gasteiger partial charge in [0, 0.05) is 25.1 Å². The molecule has 0 atom stereocenters. The number of ether oxygens (including phenoxy) is 1. The quantitative estimate of drug-likeness (QED) is 0.230. The van der Waals surface area contributed by atoms with Gasteiger partial charge in [-0.2, -0.15) is 0 Å². The van der Waals surface area contributed by atoms with Crippen LogP contribution in [0, 0.1) is 6.92 Å². The van der Waals surface area contributed by atoms with Gasteiger partial charge in [0.15, 0.2) is 5.96 Å². The molecule has 4 nitrogen and oxygen atoms in total. The van der Waals surface area contributed by atoms with Gasteiger partial charge in [-0.3, -0.25) is 4.99 Å². The highest BCUT2D eigenvalue weighted by Crippen LogP contribution is 2.20. The summed E-state index contributed by atoms with van der Waals surface area (Å²) in [6.45, 7) is 4.89. The Hall–Kier alpha value is -0.340. The second-order valence-electron chi connectivity index (χ2n) is 6.57. The lowest BCUT2D eigenvalue weighted by Gasteiger charge is -2.21. The minimum atomic E-state index is 0. The van der Waals surface area contributed by atoms with E-state index < -0.39 is 0 Å². The Morgan fingerprint density at radius 3 is 2.68 bits per heavy atom. The molecule has 1 saturated carbocycles. The van der Waals surface area contributed by atoms with Crippen LogP contribution in [-0.2, 0) is 11.3 Å². The van der Waals surface area contributed by atoms with Gasteiger partial charge in [-0.05, 0) is 56.0 Å². The van der Waals surface area contributed by atoms with E-state index >= 15 is 0 Å². The van der Waals surface area contributed by atoms with E-state index in [1.165, 1.54) is 55.4 Å². The molecular formula is C19H34IN3OS. The molecule has 2 rings (SSSR count). The number of guanidine groups is 1. The van der Waals surface area contributed by atoms with Gasteiger partial charge in [-0.1, -0.05) is 19.3 Å². The van der Waals surface area contributed by atoms with Gasteiger partial charge in [0.05, 0.1) is 12.6 Å². The van der Waals surface area contributed by atoms with Crippen LogP contribution in [0.25, 0.3) is 0 Å². The minimum Gasteiger partial charge on any atom is -0.378 e. The fourth-order valence-corrected chi connectivity index (χ4v) is 3.91. The van der Waals surface area contributed by atoms with Crippen molar-refractivity contribution in [2.24, 2.45) is 4.99 Å². The van der Waals surface area contributed by atoms with E-state index in [2.05, 4.69) is 34.0 Å². The number of hydrogen-bond acceptors (Lipinski definition) is 3. The number of thiophene rings is 1. The first-order chi connectivity index (χ1) is 11.8. The molecule has 1 heterocycles. The molecule has 0 amide bonds. The predicted molar refractivity (Wildman–Crippen MR) is 119 cm³/mol. The van der Waals surface area contributed by atoms with Crippen LogP contribution in [0.2, 0.25) is 0 Å². The van der Waals surface area contributed by atoms with Crippen molar-refractivity contribution in [3.63, 3.8) is 0 Å². The smallest absolute Gasteiger partial charge is 0.191 e. The highest BCUT2D eigenvalue weighted by atomic mass is 127. The van der Waals surface area contributed by atoms with Crippen LogP contribution in [0.4, 0.5) is 0 Å². The molecule has 1 aromatic rings. The molecule has 1 aliphatic rings. The van der Waals surface area contributed by atoms with Crippen LogP contribution in [0.1, 0.15) is 61.8 Å². The Bertz CT molecular complexity index is 487. The molecule has 0 aromatic carbocycles. The van der Waals surface area contributed by atoms with Gasteiger partial charge >= 0.3 is 0 Å². The van der Waals surface area contributed by atoms with Crippen LogP contribution in [0.5, 0.6) is 0 Å². The van der Waals surface area contributed by atoms with Crippen LogP contribution in [0.3, 0.4) is 0 Å². The third-order valence-corrected chi connectivity index (χ3v) is 5.65. The number of nitrogens with zero attached hydrogens (tertiary/aromatic N) is 1. The number of aliphatic imine (C=N–C) groups is 1. The van der Waals surface area contributed by atoms with E-state index in [9.17, 15) is 0 Å². The molecule has 25 heavy (non-hydrogen) atoms. The Labute approximate surface area is 174 Å². The fourth-order valence-electron chi connectivity index (χ4n) is 3.06. The van der Waals surface area contributed by atoms with Crippen molar-refractivity contribution in [1.82, 2.24) is 10.6 Å². The molecule has 1 fully saturated rings. The molecule has 0 radical (unpaired) electrons. The predicted octanol–water partition coefficient (Wildman–Crippen LogP) is 4.86. The number of hydrogen-bond donors (Lipinski definition) is 2. The molecule has 6 heteroatoms. The molecule has 0 aliphatic heterocycles. The molecule has 1 aliphatic carbocycles. The summed E-state index contributed by atoms with van der Waals surface area (Å²) in [6.07, 6.45) is 10.7. The summed E-state index contributed by atoms with van der Waals surface area (Å²) < 4.78 is 5.97. The Balaban J connectivity index is 0.00000312. The number of halogens is 1. The maximum absolute atomic E-state index is 5.97. The maximum Gasteiger partial charge on any atom is 0.191 e. The average Bonchev–Trinajstić information content (AvgIpc) is 3.02. The molecule has 0 spiro atoms. The van der Waals surface area contributed by atoms with Crippen LogP contribution in [0.15, 0.2) is 16.4 Å². The first-order valence-corrected chi connectivity index (χ1v) is 10.3. The number of unbranched alkanes of at least 4 members (excludes halogenated alkanes) is 2. The van der Waals surface area contributed by atoms with E-state index in [4.69, 9.17) is 4.74 Å². The van der Waals surface area contributed by atoms with Crippen molar-refractivity contribution in [3.05, 3.63) is 21.9 Å². The van der Waals surface area contributed by atoms with E-state index in [0.717, 1.165) is 32.1 Å². The molecular weight excluding hydrogens is 445 g/mol. The van der Waals surface area contributed by atoms with Gasteiger partial charge in [0.2, 0.25) is 0 Å². The summed E-state index contributed by atoms with van der Waals surface area (Å²) in [5, 5.41) is 8.91. The van der Waals surface area contributed by atoms with E-state index in [-0.39, 0.29) is 24.0 Å². The van der Waals surface area contributed by atoms with Crippen molar-refractivity contribution in [2.75, 3.05) is 20.2 Å². The van der Waals surface area contributed by atoms with Crippen molar-refractivity contribution in [1.29, 1.82) is 0 Å². The zero-order chi connectivity index (χ0) is 17.0. The first-order valence-electron chi connectivity index (χ1n) is 9.38. The Kier molecular flexibility index (Phi) is 12.5. The fraction of sp³-hybridized carbons (Fsp3) is 0.737. The minimum absolute atomic E-state index is 0. The largest absolute Gasteiger partial charge is 0.378 e. The summed E-state index contributed by atoms with van der Waals surface area (Å²) in [5.41, 5.74) is 1.35. The summed E-state index contributed by atoms with van der Waals surface area (Å²) in [4.78, 5) is 5.66. The maximum atomic E-state index is 5.97. The van der Waals surface area contributed by atoms with Gasteiger partial charge in [-0.25, -0.2) is 0 Å². The third kappa shape index (κ3) is 9.24. The molecule has 144 valence electrons. The summed E-state index contributed by atoms with van der Waals surface area (Å²) in [7, 11) is 1.83. The van der Waals surface area contributed by atoms with Crippen molar-refractivity contribution >= 4 is 41.3 Å². The standard InChI is InChI=1S/C19H33N3OS.HI/c1-16-11-14-24-18(16)15-22-19(20-2)21-12-7-4-8-13-23-17-9-5-3-6-10-17;/h11,14,17H,3-10,12-13,15H2,1-2H3,(H2,20,21,22);1H. The topological polar surface area (TPSA) is 45.7 Å². The highest BCUT2D eigenvalue weighted by molar-refractivity contribution is 14.0. The van der Waals surface area contributed by atoms with Crippen molar-refractivity contribution in [3.8, 4) is 0 Å². The van der Waals surface area contributed by atoms with E-state index in [1.54, 1.807) is 11.3 Å².